The van der Waals surface area contributed by atoms with Gasteiger partial charge in [-0.15, -0.1) is 0 Å². The number of sulfonamides is 1. The lowest BCUT2D eigenvalue weighted by Crippen LogP contribution is -2.37. The second-order valence-corrected chi connectivity index (χ2v) is 8.87. The summed E-state index contributed by atoms with van der Waals surface area (Å²) in [5.41, 5.74) is 1.08. The highest BCUT2D eigenvalue weighted by molar-refractivity contribution is 7.92. The molecule has 0 saturated carbocycles. The summed E-state index contributed by atoms with van der Waals surface area (Å²) in [6.45, 7) is 5.57. The fourth-order valence-corrected chi connectivity index (χ4v) is 3.91. The van der Waals surface area contributed by atoms with Gasteiger partial charge in [-0.3, -0.25) is 9.52 Å². The number of benzene rings is 2. The summed E-state index contributed by atoms with van der Waals surface area (Å²) in [7, 11) is 0.0666. The summed E-state index contributed by atoms with van der Waals surface area (Å²) in [5.74, 6) is -0.546. The molecule has 158 valence electrons. The Morgan fingerprint density at radius 2 is 1.69 bits per heavy atom. The van der Waals surface area contributed by atoms with Crippen LogP contribution in [0.4, 0.5) is 10.1 Å². The van der Waals surface area contributed by atoms with Crippen LogP contribution in [0.1, 0.15) is 29.3 Å². The minimum absolute atomic E-state index is 0.0191. The fraction of sp³-hybridized carbons (Fsp3) is 0.381. The molecule has 2 aromatic rings. The normalized spacial score (nSPS) is 11.5. The smallest absolute Gasteiger partial charge is 0.261 e. The monoisotopic (exact) mass is 421 g/mol. The topological polar surface area (TPSA) is 69.7 Å². The zero-order valence-electron chi connectivity index (χ0n) is 17.3. The molecular weight excluding hydrogens is 393 g/mol. The van der Waals surface area contributed by atoms with Crippen molar-refractivity contribution in [1.29, 1.82) is 0 Å². The Hall–Kier alpha value is -2.45. The van der Waals surface area contributed by atoms with Crippen molar-refractivity contribution in [3.63, 3.8) is 0 Å². The van der Waals surface area contributed by atoms with Crippen LogP contribution in [0.25, 0.3) is 0 Å². The number of aryl methyl sites for hydroxylation is 1. The first kappa shape index (κ1) is 22.8. The van der Waals surface area contributed by atoms with Gasteiger partial charge in [0.05, 0.1) is 4.90 Å². The molecule has 2 rings (SSSR count). The van der Waals surface area contributed by atoms with Gasteiger partial charge >= 0.3 is 0 Å². The van der Waals surface area contributed by atoms with Gasteiger partial charge in [-0.05, 0) is 75.5 Å². The van der Waals surface area contributed by atoms with Gasteiger partial charge in [0.2, 0.25) is 0 Å². The zero-order chi connectivity index (χ0) is 21.6. The number of carbonyl (C=O) groups excluding carboxylic acids is 1. The van der Waals surface area contributed by atoms with Crippen LogP contribution in [0.15, 0.2) is 47.4 Å². The molecule has 2 aromatic carbocycles. The molecule has 0 aliphatic carbocycles. The van der Waals surface area contributed by atoms with Crippen LogP contribution < -0.4 is 4.72 Å². The number of nitrogens with one attached hydrogen (secondary N) is 1. The van der Waals surface area contributed by atoms with Crippen LogP contribution in [0, 0.1) is 12.7 Å². The van der Waals surface area contributed by atoms with Gasteiger partial charge in [0, 0.05) is 30.9 Å². The number of hydrogen-bond acceptors (Lipinski definition) is 4. The van der Waals surface area contributed by atoms with E-state index in [0.717, 1.165) is 19.0 Å². The van der Waals surface area contributed by atoms with E-state index in [4.69, 9.17) is 0 Å². The molecule has 0 bridgehead atoms. The molecule has 0 fully saturated rings. The van der Waals surface area contributed by atoms with Crippen molar-refractivity contribution in [3.8, 4) is 0 Å². The van der Waals surface area contributed by atoms with Crippen molar-refractivity contribution in [3.05, 3.63) is 59.4 Å². The molecule has 0 saturated heterocycles. The van der Waals surface area contributed by atoms with Crippen molar-refractivity contribution >= 4 is 21.6 Å². The van der Waals surface area contributed by atoms with E-state index in [-0.39, 0.29) is 16.4 Å². The average Bonchev–Trinajstić information content (AvgIpc) is 2.66. The zero-order valence-corrected chi connectivity index (χ0v) is 18.1. The molecule has 0 heterocycles. The van der Waals surface area contributed by atoms with Crippen LogP contribution in [0.5, 0.6) is 0 Å². The second-order valence-electron chi connectivity index (χ2n) is 7.19. The van der Waals surface area contributed by atoms with Crippen molar-refractivity contribution in [2.24, 2.45) is 0 Å². The third-order valence-electron chi connectivity index (χ3n) is 4.42. The molecule has 0 spiro atoms. The molecule has 0 aliphatic heterocycles. The molecule has 0 radical (unpaired) electrons. The van der Waals surface area contributed by atoms with Crippen molar-refractivity contribution in [1.82, 2.24) is 9.80 Å². The highest BCUT2D eigenvalue weighted by Crippen LogP contribution is 2.19. The van der Waals surface area contributed by atoms with E-state index in [9.17, 15) is 17.6 Å². The molecule has 0 aliphatic rings. The van der Waals surface area contributed by atoms with Crippen LogP contribution in [-0.2, 0) is 10.0 Å². The van der Waals surface area contributed by atoms with Gasteiger partial charge in [-0.2, -0.15) is 0 Å². The molecule has 0 unspecified atom stereocenters. The Labute approximate surface area is 172 Å². The number of nitrogens with zero attached hydrogens (tertiary/aromatic N) is 2. The van der Waals surface area contributed by atoms with Crippen LogP contribution in [0.2, 0.25) is 0 Å². The standard InChI is InChI=1S/C21H28FN3O3S/c1-5-12-25(14-13-24(3)4)21(26)17-6-8-18(9-7-17)23-29(27,28)19-10-11-20(22)16(2)15-19/h6-11,15,23H,5,12-14H2,1-4H3. The number of anilines is 1. The molecule has 6 nitrogen and oxygen atoms in total. The van der Waals surface area contributed by atoms with Gasteiger partial charge in [0.15, 0.2) is 0 Å². The average molecular weight is 422 g/mol. The Morgan fingerprint density at radius 3 is 2.24 bits per heavy atom. The third-order valence-corrected chi connectivity index (χ3v) is 5.80. The third kappa shape index (κ3) is 6.27. The predicted molar refractivity (Wildman–Crippen MR) is 113 cm³/mol. The minimum atomic E-state index is -3.85. The van der Waals surface area contributed by atoms with Crippen LogP contribution in [0.3, 0.4) is 0 Å². The van der Waals surface area contributed by atoms with E-state index in [1.54, 1.807) is 29.2 Å². The first-order valence-corrected chi connectivity index (χ1v) is 11.0. The molecule has 0 atom stereocenters. The minimum Gasteiger partial charge on any atom is -0.337 e. The number of likely N-dealkylation sites (N-methyl/N-ethyl adjacent to an activating group) is 1. The lowest BCUT2D eigenvalue weighted by molar-refractivity contribution is 0.0745. The number of amides is 1. The maximum atomic E-state index is 13.4. The summed E-state index contributed by atoms with van der Waals surface area (Å²) in [4.78, 5) is 16.6. The van der Waals surface area contributed by atoms with Gasteiger partial charge < -0.3 is 9.80 Å². The maximum Gasteiger partial charge on any atom is 0.261 e. The predicted octanol–water partition coefficient (Wildman–Crippen LogP) is 3.35. The largest absolute Gasteiger partial charge is 0.337 e. The van der Waals surface area contributed by atoms with Crippen molar-refractivity contribution in [2.45, 2.75) is 25.2 Å². The fourth-order valence-electron chi connectivity index (χ4n) is 2.77. The first-order chi connectivity index (χ1) is 13.6. The number of rotatable bonds is 9. The number of hydrogen-bond donors (Lipinski definition) is 1. The van der Waals surface area contributed by atoms with Crippen molar-refractivity contribution in [2.75, 3.05) is 38.5 Å². The van der Waals surface area contributed by atoms with E-state index < -0.39 is 15.8 Å². The first-order valence-electron chi connectivity index (χ1n) is 9.47. The summed E-state index contributed by atoms with van der Waals surface area (Å²) in [5, 5.41) is 0. The Bertz CT molecular complexity index is 944. The Morgan fingerprint density at radius 1 is 1.03 bits per heavy atom. The van der Waals surface area contributed by atoms with Gasteiger partial charge in [-0.25, -0.2) is 12.8 Å². The second kappa shape index (κ2) is 9.84. The summed E-state index contributed by atoms with van der Waals surface area (Å²) in [6.07, 6.45) is 0.855. The summed E-state index contributed by atoms with van der Waals surface area (Å²) in [6, 6.07) is 9.94. The van der Waals surface area contributed by atoms with Gasteiger partial charge in [-0.1, -0.05) is 6.92 Å². The summed E-state index contributed by atoms with van der Waals surface area (Å²) >= 11 is 0. The molecular formula is C21H28FN3O3S. The number of halogens is 1. The van der Waals surface area contributed by atoms with E-state index in [1.165, 1.54) is 19.1 Å². The van der Waals surface area contributed by atoms with Crippen molar-refractivity contribution < 1.29 is 17.6 Å². The summed E-state index contributed by atoms with van der Waals surface area (Å²) < 4.78 is 40.9. The maximum absolute atomic E-state index is 13.4. The molecule has 29 heavy (non-hydrogen) atoms. The highest BCUT2D eigenvalue weighted by atomic mass is 32.2. The molecule has 8 heteroatoms. The van der Waals surface area contributed by atoms with E-state index in [2.05, 4.69) is 4.72 Å². The lowest BCUT2D eigenvalue weighted by atomic mass is 10.1. The molecule has 1 amide bonds. The quantitative estimate of drug-likeness (QED) is 0.674. The lowest BCUT2D eigenvalue weighted by Gasteiger charge is -2.24. The van der Waals surface area contributed by atoms with E-state index in [1.807, 2.05) is 25.9 Å². The SMILES string of the molecule is CCCN(CCN(C)C)C(=O)c1ccc(NS(=O)(=O)c2ccc(F)c(C)c2)cc1. The highest BCUT2D eigenvalue weighted by Gasteiger charge is 2.18. The molecule has 0 aromatic heterocycles. The Kier molecular flexibility index (Phi) is 7.75. The van der Waals surface area contributed by atoms with E-state index >= 15 is 0 Å². The van der Waals surface area contributed by atoms with Gasteiger partial charge in [0.1, 0.15) is 5.82 Å². The number of carbonyl (C=O) groups is 1. The van der Waals surface area contributed by atoms with Crippen LogP contribution >= 0.6 is 0 Å². The van der Waals surface area contributed by atoms with E-state index in [0.29, 0.717) is 24.3 Å². The Balaban J connectivity index is 2.14. The van der Waals surface area contributed by atoms with Gasteiger partial charge in [0.25, 0.3) is 15.9 Å². The molecule has 1 N–H and O–H groups in total. The van der Waals surface area contributed by atoms with Crippen LogP contribution in [-0.4, -0.2) is 57.9 Å².